The number of fused-ring (bicyclic) bond motifs is 1. The molecule has 2 aromatic heterocycles. The topological polar surface area (TPSA) is 58.6 Å². The molecule has 0 amide bonds. The summed E-state index contributed by atoms with van der Waals surface area (Å²) < 4.78 is 0. The highest BCUT2D eigenvalue weighted by atomic mass is 32.2. The van der Waals surface area contributed by atoms with E-state index < -0.39 is 0 Å². The molecule has 4 rings (SSSR count). The highest BCUT2D eigenvalue weighted by molar-refractivity contribution is 7.98. The molecule has 2 heterocycles. The third-order valence-corrected chi connectivity index (χ3v) is 5.37. The van der Waals surface area contributed by atoms with Gasteiger partial charge in [-0.3, -0.25) is 4.79 Å². The van der Waals surface area contributed by atoms with Crippen LogP contribution in [0.1, 0.15) is 22.4 Å². The molecule has 0 bridgehead atoms. The van der Waals surface area contributed by atoms with E-state index in [1.54, 1.807) is 0 Å². The zero-order valence-electron chi connectivity index (χ0n) is 15.0. The minimum absolute atomic E-state index is 0.141. The van der Waals surface area contributed by atoms with E-state index in [9.17, 15) is 4.79 Å². The van der Waals surface area contributed by atoms with E-state index in [-0.39, 0.29) is 5.56 Å². The lowest BCUT2D eigenvalue weighted by Crippen LogP contribution is -2.11. The van der Waals surface area contributed by atoms with Gasteiger partial charge < -0.3 is 4.98 Å². The van der Waals surface area contributed by atoms with E-state index in [4.69, 9.17) is 0 Å². The Morgan fingerprint density at radius 2 is 1.59 bits per heavy atom. The average molecular weight is 373 g/mol. The van der Waals surface area contributed by atoms with Crippen LogP contribution in [-0.4, -0.2) is 15.0 Å². The van der Waals surface area contributed by atoms with Crippen molar-refractivity contribution in [2.24, 2.45) is 0 Å². The molecule has 5 heteroatoms. The monoisotopic (exact) mass is 373 g/mol. The average Bonchev–Trinajstić information content (AvgIpc) is 2.69. The van der Waals surface area contributed by atoms with Gasteiger partial charge in [0, 0.05) is 11.4 Å². The largest absolute Gasteiger partial charge is 0.301 e. The SMILES string of the molecule is Cc1nc2nc(SCc3ccccc3)[nH]c(=O)c2cc1Cc1ccccc1. The molecule has 0 aliphatic carbocycles. The number of thioether (sulfide) groups is 1. The Balaban J connectivity index is 1.63. The fourth-order valence-corrected chi connectivity index (χ4v) is 3.78. The van der Waals surface area contributed by atoms with Crippen molar-refractivity contribution in [1.29, 1.82) is 0 Å². The molecule has 0 fully saturated rings. The minimum Gasteiger partial charge on any atom is -0.301 e. The Kier molecular flexibility index (Phi) is 5.03. The van der Waals surface area contributed by atoms with Gasteiger partial charge in [0.25, 0.3) is 5.56 Å². The zero-order valence-corrected chi connectivity index (χ0v) is 15.8. The summed E-state index contributed by atoms with van der Waals surface area (Å²) >= 11 is 1.51. The van der Waals surface area contributed by atoms with Crippen molar-refractivity contribution in [3.05, 3.63) is 99.5 Å². The van der Waals surface area contributed by atoms with Crippen molar-refractivity contribution in [2.45, 2.75) is 24.3 Å². The quantitative estimate of drug-likeness (QED) is 0.413. The second-order valence-corrected chi connectivity index (χ2v) is 7.38. The predicted octanol–water partition coefficient (Wildman–Crippen LogP) is 4.51. The first kappa shape index (κ1) is 17.5. The molecule has 0 saturated carbocycles. The van der Waals surface area contributed by atoms with Crippen LogP contribution in [0.2, 0.25) is 0 Å². The molecular formula is C22H19N3OS. The number of nitrogens with one attached hydrogen (secondary N) is 1. The molecule has 0 atom stereocenters. The summed E-state index contributed by atoms with van der Waals surface area (Å²) in [4.78, 5) is 24.6. The van der Waals surface area contributed by atoms with Gasteiger partial charge in [0.15, 0.2) is 10.8 Å². The molecule has 2 aromatic carbocycles. The van der Waals surface area contributed by atoms with Crippen LogP contribution >= 0.6 is 11.8 Å². The summed E-state index contributed by atoms with van der Waals surface area (Å²) in [6.45, 7) is 1.97. The van der Waals surface area contributed by atoms with Gasteiger partial charge in [-0.25, -0.2) is 9.97 Å². The summed E-state index contributed by atoms with van der Waals surface area (Å²) in [5, 5.41) is 1.13. The van der Waals surface area contributed by atoms with Crippen LogP contribution in [0.3, 0.4) is 0 Å². The van der Waals surface area contributed by atoms with Crippen molar-refractivity contribution in [1.82, 2.24) is 15.0 Å². The zero-order chi connectivity index (χ0) is 18.6. The first-order chi connectivity index (χ1) is 13.2. The number of nitrogens with zero attached hydrogens (tertiary/aromatic N) is 2. The fourth-order valence-electron chi connectivity index (χ4n) is 2.96. The normalized spacial score (nSPS) is 11.0. The number of rotatable bonds is 5. The third-order valence-electron chi connectivity index (χ3n) is 4.43. The molecule has 134 valence electrons. The highest BCUT2D eigenvalue weighted by Gasteiger charge is 2.10. The molecule has 0 saturated heterocycles. The van der Waals surface area contributed by atoms with Crippen LogP contribution in [0.5, 0.6) is 0 Å². The number of hydrogen-bond acceptors (Lipinski definition) is 4. The number of aryl methyl sites for hydroxylation is 1. The van der Waals surface area contributed by atoms with Gasteiger partial charge in [-0.05, 0) is 36.1 Å². The molecule has 4 aromatic rings. The number of aromatic amines is 1. The number of benzene rings is 2. The van der Waals surface area contributed by atoms with Gasteiger partial charge in [-0.1, -0.05) is 72.4 Å². The van der Waals surface area contributed by atoms with Crippen LogP contribution in [-0.2, 0) is 12.2 Å². The van der Waals surface area contributed by atoms with Crippen LogP contribution in [0.15, 0.2) is 76.7 Å². The molecular weight excluding hydrogens is 354 g/mol. The fraction of sp³-hybridized carbons (Fsp3) is 0.136. The lowest BCUT2D eigenvalue weighted by atomic mass is 10.0. The second kappa shape index (κ2) is 7.76. The highest BCUT2D eigenvalue weighted by Crippen LogP contribution is 2.21. The number of H-pyrrole nitrogens is 1. The molecule has 1 N–H and O–H groups in total. The van der Waals surface area contributed by atoms with Gasteiger partial charge in [-0.2, -0.15) is 0 Å². The van der Waals surface area contributed by atoms with Crippen LogP contribution in [0.4, 0.5) is 0 Å². The van der Waals surface area contributed by atoms with E-state index in [1.807, 2.05) is 49.4 Å². The maximum absolute atomic E-state index is 12.6. The lowest BCUT2D eigenvalue weighted by Gasteiger charge is -2.08. The Labute approximate surface area is 161 Å². The molecule has 0 unspecified atom stereocenters. The van der Waals surface area contributed by atoms with Crippen LogP contribution < -0.4 is 5.56 Å². The number of aromatic nitrogens is 3. The second-order valence-electron chi connectivity index (χ2n) is 6.41. The predicted molar refractivity (Wildman–Crippen MR) is 110 cm³/mol. The summed E-state index contributed by atoms with van der Waals surface area (Å²) in [5.41, 5.74) is 4.70. The van der Waals surface area contributed by atoms with Crippen molar-refractivity contribution in [3.63, 3.8) is 0 Å². The maximum Gasteiger partial charge on any atom is 0.261 e. The van der Waals surface area contributed by atoms with Gasteiger partial charge in [0.05, 0.1) is 5.39 Å². The number of hydrogen-bond donors (Lipinski definition) is 1. The Bertz CT molecular complexity index is 1120. The van der Waals surface area contributed by atoms with E-state index in [0.29, 0.717) is 16.2 Å². The van der Waals surface area contributed by atoms with E-state index in [1.165, 1.54) is 22.9 Å². The van der Waals surface area contributed by atoms with E-state index in [0.717, 1.165) is 23.4 Å². The molecule has 4 nitrogen and oxygen atoms in total. The first-order valence-electron chi connectivity index (χ1n) is 8.80. The number of pyridine rings is 1. The van der Waals surface area contributed by atoms with Crippen molar-refractivity contribution in [3.8, 4) is 0 Å². The lowest BCUT2D eigenvalue weighted by molar-refractivity contribution is 0.950. The van der Waals surface area contributed by atoms with E-state index in [2.05, 4.69) is 39.2 Å². The summed E-state index contributed by atoms with van der Waals surface area (Å²) in [5.74, 6) is 0.750. The Morgan fingerprint density at radius 3 is 2.30 bits per heavy atom. The van der Waals surface area contributed by atoms with Crippen molar-refractivity contribution < 1.29 is 0 Å². The van der Waals surface area contributed by atoms with Gasteiger partial charge in [0.1, 0.15) is 0 Å². The first-order valence-corrected chi connectivity index (χ1v) is 9.79. The van der Waals surface area contributed by atoms with Crippen molar-refractivity contribution in [2.75, 3.05) is 0 Å². The summed E-state index contributed by atoms with van der Waals surface area (Å²) in [6, 6.07) is 22.2. The molecule has 0 spiro atoms. The Morgan fingerprint density at radius 1 is 0.926 bits per heavy atom. The van der Waals surface area contributed by atoms with Gasteiger partial charge >= 0.3 is 0 Å². The standard InChI is InChI=1S/C22H19N3OS/c1-15-18(12-16-8-4-2-5-9-16)13-19-20(23-15)24-22(25-21(19)26)27-14-17-10-6-3-7-11-17/h2-11,13H,12,14H2,1H3,(H,23,24,25,26). The summed E-state index contributed by atoms with van der Waals surface area (Å²) in [6.07, 6.45) is 0.750. The summed E-state index contributed by atoms with van der Waals surface area (Å²) in [7, 11) is 0. The molecule has 0 radical (unpaired) electrons. The van der Waals surface area contributed by atoms with Crippen LogP contribution in [0.25, 0.3) is 11.0 Å². The van der Waals surface area contributed by atoms with Gasteiger partial charge in [-0.15, -0.1) is 0 Å². The van der Waals surface area contributed by atoms with Crippen LogP contribution in [0, 0.1) is 6.92 Å². The third kappa shape index (κ3) is 4.09. The van der Waals surface area contributed by atoms with Gasteiger partial charge in [0.2, 0.25) is 0 Å². The maximum atomic E-state index is 12.6. The molecule has 0 aliphatic rings. The molecule has 27 heavy (non-hydrogen) atoms. The minimum atomic E-state index is -0.141. The Hall–Kier alpha value is -2.92. The smallest absolute Gasteiger partial charge is 0.261 e. The molecule has 0 aliphatic heterocycles. The van der Waals surface area contributed by atoms with E-state index >= 15 is 0 Å². The van der Waals surface area contributed by atoms with Crippen molar-refractivity contribution >= 4 is 22.8 Å².